The Balaban J connectivity index is 0.000000140. The second-order valence-corrected chi connectivity index (χ2v) is 24.5. The summed E-state index contributed by atoms with van der Waals surface area (Å²) in [4.78, 5) is 20.0. The molecule has 12 aromatic carbocycles. The number of para-hydroxylation sites is 8. The van der Waals surface area contributed by atoms with Gasteiger partial charge in [0, 0.05) is 39.2 Å². The normalized spacial score (nSPS) is 12.2. The zero-order valence-electron chi connectivity index (χ0n) is 51.5. The van der Waals surface area contributed by atoms with Crippen LogP contribution < -0.4 is 0 Å². The molecule has 6 aromatic heterocycles. The molecule has 12 heteroatoms. The maximum Gasteiger partial charge on any atom is 2.00 e. The molecule has 0 fully saturated rings. The van der Waals surface area contributed by atoms with E-state index in [2.05, 4.69) is 286 Å². The third-order valence-corrected chi connectivity index (χ3v) is 19.3. The fraction of sp³-hybridized carbons (Fsp3) is 0.0732. The molecule has 0 bridgehead atoms. The molecule has 6 heterocycles. The van der Waals surface area contributed by atoms with Crippen molar-refractivity contribution in [1.29, 1.82) is 0 Å². The molecule has 0 unspecified atom stereocenters. The predicted octanol–water partition coefficient (Wildman–Crippen LogP) is 18.1. The van der Waals surface area contributed by atoms with E-state index in [4.69, 9.17) is 19.9 Å². The van der Waals surface area contributed by atoms with Crippen LogP contribution in [0.25, 0.3) is 167 Å². The van der Waals surface area contributed by atoms with Crippen LogP contribution in [0.2, 0.25) is 0 Å². The second kappa shape index (κ2) is 22.1. The van der Waals surface area contributed by atoms with Crippen molar-refractivity contribution in [3.05, 3.63) is 277 Å². The Labute approximate surface area is 570 Å². The summed E-state index contributed by atoms with van der Waals surface area (Å²) in [5, 5.41) is 4.75. The quantitative estimate of drug-likeness (QED) is 0.155. The van der Waals surface area contributed by atoms with Crippen molar-refractivity contribution in [2.75, 3.05) is 0 Å². The summed E-state index contributed by atoms with van der Waals surface area (Å²) in [6.45, 7) is 0. The van der Waals surface area contributed by atoms with Gasteiger partial charge in [0.05, 0.1) is 67.4 Å². The standard InChI is InChI=1S/2C41H27N5.2Pt/c1-44-36-16-7-5-14-34(36)42-40(44)26-11-9-12-29(21-26)46-38-23-27(41-43-35-15-6-8-17-37(35)45(41)2)18-19-31(38)33-22-28-20-25-10-3-4-13-30(25)32(28)24-39(33)46;1-44-36-16-7-5-14-34(36)42-40(44)26-11-9-12-29(21-26)46-38-22-27(41-43-35-15-6-8-17-37(35)45(41)2)18-19-31(38)33-24-32-28(23-39(33)46)20-25-10-3-4-13-30(25)32;;/h3-19,22,24H,20H2,1-2H3;3-19,23-24H,20H2,1-2H3;;/q2*-2;2*+2. The van der Waals surface area contributed by atoms with Crippen molar-refractivity contribution >= 4 is 87.7 Å². The molecule has 10 nitrogen and oxygen atoms in total. The molecule has 0 atom stereocenters. The summed E-state index contributed by atoms with van der Waals surface area (Å²) >= 11 is 0. The van der Waals surface area contributed by atoms with Crippen molar-refractivity contribution in [1.82, 2.24) is 47.3 Å². The number of imidazole rings is 4. The maximum atomic E-state index is 5.01. The van der Waals surface area contributed by atoms with E-state index in [9.17, 15) is 0 Å². The Kier molecular flexibility index (Phi) is 13.5. The fourth-order valence-electron chi connectivity index (χ4n) is 14.9. The largest absolute Gasteiger partial charge is 2.00 e. The molecule has 94 heavy (non-hydrogen) atoms. The van der Waals surface area contributed by atoms with Gasteiger partial charge in [0.25, 0.3) is 0 Å². The van der Waals surface area contributed by atoms with E-state index in [0.717, 1.165) is 147 Å². The van der Waals surface area contributed by atoms with E-state index in [1.807, 2.05) is 24.3 Å². The van der Waals surface area contributed by atoms with Crippen molar-refractivity contribution in [2.45, 2.75) is 12.8 Å². The predicted molar refractivity (Wildman–Crippen MR) is 372 cm³/mol. The monoisotopic (exact) mass is 1570 g/mol. The molecule has 0 aliphatic heterocycles. The fourth-order valence-corrected chi connectivity index (χ4v) is 14.9. The first-order chi connectivity index (χ1) is 45.2. The zero-order valence-corrected chi connectivity index (χ0v) is 56.0. The maximum absolute atomic E-state index is 5.01. The molecule has 452 valence electrons. The van der Waals surface area contributed by atoms with Gasteiger partial charge in [-0.1, -0.05) is 120 Å². The van der Waals surface area contributed by atoms with Gasteiger partial charge >= 0.3 is 42.1 Å². The number of fused-ring (bicyclic) bond motifs is 16. The summed E-state index contributed by atoms with van der Waals surface area (Å²) in [6, 6.07) is 96.8. The van der Waals surface area contributed by atoms with Gasteiger partial charge in [-0.25, -0.2) is 0 Å². The Bertz CT molecular complexity index is 6080. The van der Waals surface area contributed by atoms with Crippen LogP contribution in [0, 0.1) is 24.3 Å². The molecule has 0 saturated heterocycles. The Morgan fingerprint density at radius 2 is 0.628 bits per heavy atom. The zero-order chi connectivity index (χ0) is 61.0. The minimum atomic E-state index is 0. The topological polar surface area (TPSA) is 81.1 Å². The van der Waals surface area contributed by atoms with Crippen LogP contribution in [0.5, 0.6) is 0 Å². The van der Waals surface area contributed by atoms with Crippen LogP contribution in [-0.2, 0) is 83.2 Å². The molecule has 0 N–H and O–H groups in total. The number of nitrogens with zero attached hydrogens (tertiary/aromatic N) is 10. The molecule has 0 spiro atoms. The average Bonchev–Trinajstić information content (AvgIpc) is 1.57. The van der Waals surface area contributed by atoms with E-state index in [-0.39, 0.29) is 42.1 Å². The number of hydrogen-bond donors (Lipinski definition) is 0. The molecule has 0 saturated carbocycles. The van der Waals surface area contributed by atoms with Crippen LogP contribution in [0.3, 0.4) is 0 Å². The van der Waals surface area contributed by atoms with Gasteiger partial charge in [0.15, 0.2) is 0 Å². The minimum Gasteiger partial charge on any atom is -0.367 e. The number of aryl methyl sites for hydroxylation is 4. The molecule has 0 amide bonds. The molecule has 2 aliphatic carbocycles. The summed E-state index contributed by atoms with van der Waals surface area (Å²) in [6.07, 6.45) is 1.88. The van der Waals surface area contributed by atoms with Gasteiger partial charge in [-0.2, -0.15) is 0 Å². The van der Waals surface area contributed by atoms with Crippen molar-refractivity contribution in [2.24, 2.45) is 28.2 Å². The Morgan fingerprint density at radius 3 is 1.05 bits per heavy atom. The van der Waals surface area contributed by atoms with Gasteiger partial charge < -0.3 is 27.4 Å². The van der Waals surface area contributed by atoms with Gasteiger partial charge in [-0.3, -0.25) is 19.9 Å². The molecule has 18 aromatic rings. The third-order valence-electron chi connectivity index (χ3n) is 19.3. The summed E-state index contributed by atoms with van der Waals surface area (Å²) < 4.78 is 13.3. The molecule has 2 aliphatic rings. The van der Waals surface area contributed by atoms with Gasteiger partial charge in [-0.15, -0.1) is 107 Å². The number of aromatic nitrogens is 10. The van der Waals surface area contributed by atoms with E-state index < -0.39 is 0 Å². The minimum absolute atomic E-state index is 0. The van der Waals surface area contributed by atoms with E-state index in [1.165, 1.54) is 55.3 Å². The van der Waals surface area contributed by atoms with Crippen molar-refractivity contribution in [3.8, 4) is 79.2 Å². The summed E-state index contributed by atoms with van der Waals surface area (Å²) in [5.41, 5.74) is 29.1. The summed E-state index contributed by atoms with van der Waals surface area (Å²) in [5.74, 6) is 3.58. The Morgan fingerprint density at radius 1 is 0.277 bits per heavy atom. The van der Waals surface area contributed by atoms with Gasteiger partial charge in [0.1, 0.15) is 0 Å². The smallest absolute Gasteiger partial charge is 0.367 e. The molecular weight excluding hydrogens is 1520 g/mol. The van der Waals surface area contributed by atoms with E-state index in [0.29, 0.717) is 0 Å². The SMILES string of the molecule is Cn1c(-c2[c-]c(-n3c4[c-]c(-c5nc6ccccc6n5C)ccc4c4cc5c(cc43)-c3ccccc3C5)ccc2)nc2ccccc21.Cn1c(-c2[c-]c(-n3c4[c-]c(-c5nc6ccccc6n5C)ccc4c4cc5c(cc43)Cc3ccccc3-5)ccc2)nc2ccccc21.[Pt+2].[Pt+2]. The first kappa shape index (κ1) is 57.4. The van der Waals surface area contributed by atoms with Crippen molar-refractivity contribution < 1.29 is 42.1 Å². The summed E-state index contributed by atoms with van der Waals surface area (Å²) in [7, 11) is 8.30. The number of hydrogen-bond acceptors (Lipinski definition) is 4. The van der Waals surface area contributed by atoms with Crippen LogP contribution in [0.15, 0.2) is 231 Å². The van der Waals surface area contributed by atoms with Crippen LogP contribution in [0.4, 0.5) is 0 Å². The average molecular weight is 1570 g/mol. The van der Waals surface area contributed by atoms with E-state index >= 15 is 0 Å². The second-order valence-electron chi connectivity index (χ2n) is 24.5. The first-order valence-electron chi connectivity index (χ1n) is 31.2. The third kappa shape index (κ3) is 8.76. The van der Waals surface area contributed by atoms with E-state index in [1.54, 1.807) is 0 Å². The Hall–Kier alpha value is -10.5. The van der Waals surface area contributed by atoms with Crippen LogP contribution in [0.1, 0.15) is 22.3 Å². The van der Waals surface area contributed by atoms with Crippen LogP contribution in [-0.4, -0.2) is 47.3 Å². The molecule has 20 rings (SSSR count). The first-order valence-corrected chi connectivity index (χ1v) is 31.2. The number of rotatable bonds is 6. The molecular formula is C82H54N10Pt2. The number of benzene rings is 12. The van der Waals surface area contributed by atoms with Crippen molar-refractivity contribution in [3.63, 3.8) is 0 Å². The van der Waals surface area contributed by atoms with Gasteiger partial charge in [-0.05, 0) is 151 Å². The van der Waals surface area contributed by atoms with Gasteiger partial charge in [0.2, 0.25) is 0 Å². The molecule has 0 radical (unpaired) electrons. The van der Waals surface area contributed by atoms with Crippen LogP contribution >= 0.6 is 0 Å².